The van der Waals surface area contributed by atoms with Crippen molar-refractivity contribution in [2.75, 3.05) is 33.7 Å². The molecular weight excluding hydrogens is 204 g/mol. The molecule has 0 aliphatic heterocycles. The standard InChI is InChI=1S/C12H18N2O2/c1-13-7-8-14(2)9-12(16)10-3-5-11(15)6-4-10/h3-6,13,15H,7-9H2,1-2H3. The van der Waals surface area contributed by atoms with Gasteiger partial charge in [0, 0.05) is 18.7 Å². The van der Waals surface area contributed by atoms with Gasteiger partial charge in [-0.05, 0) is 38.4 Å². The van der Waals surface area contributed by atoms with E-state index in [0.29, 0.717) is 12.1 Å². The van der Waals surface area contributed by atoms with Crippen LogP contribution in [0.15, 0.2) is 24.3 Å². The van der Waals surface area contributed by atoms with Gasteiger partial charge in [0.05, 0.1) is 6.54 Å². The van der Waals surface area contributed by atoms with Gasteiger partial charge < -0.3 is 10.4 Å². The van der Waals surface area contributed by atoms with Crippen LogP contribution in [0.3, 0.4) is 0 Å². The van der Waals surface area contributed by atoms with Crippen LogP contribution in [0.1, 0.15) is 10.4 Å². The Morgan fingerprint density at radius 1 is 1.38 bits per heavy atom. The molecule has 4 nitrogen and oxygen atoms in total. The summed E-state index contributed by atoms with van der Waals surface area (Å²) in [6.07, 6.45) is 0. The number of carbonyl (C=O) groups excluding carboxylic acids is 1. The first-order valence-electron chi connectivity index (χ1n) is 5.29. The number of hydrogen-bond donors (Lipinski definition) is 2. The second-order valence-corrected chi connectivity index (χ2v) is 3.81. The van der Waals surface area contributed by atoms with Crippen molar-refractivity contribution in [2.45, 2.75) is 0 Å². The third kappa shape index (κ3) is 4.00. The lowest BCUT2D eigenvalue weighted by atomic mass is 10.1. The first kappa shape index (κ1) is 12.7. The highest BCUT2D eigenvalue weighted by atomic mass is 16.3. The Kier molecular flexibility index (Phi) is 4.95. The molecule has 0 heterocycles. The maximum Gasteiger partial charge on any atom is 0.176 e. The van der Waals surface area contributed by atoms with Crippen LogP contribution in [0.2, 0.25) is 0 Å². The Hall–Kier alpha value is -1.39. The molecule has 0 aliphatic rings. The van der Waals surface area contributed by atoms with Crippen LogP contribution >= 0.6 is 0 Å². The van der Waals surface area contributed by atoms with Crippen LogP contribution in [0.25, 0.3) is 0 Å². The number of nitrogens with zero attached hydrogens (tertiary/aromatic N) is 1. The molecule has 0 bridgehead atoms. The molecule has 0 aliphatic carbocycles. The Balaban J connectivity index is 2.48. The number of aromatic hydroxyl groups is 1. The van der Waals surface area contributed by atoms with Crippen molar-refractivity contribution in [2.24, 2.45) is 0 Å². The summed E-state index contributed by atoms with van der Waals surface area (Å²) >= 11 is 0. The zero-order valence-corrected chi connectivity index (χ0v) is 9.73. The molecule has 0 aromatic heterocycles. The van der Waals surface area contributed by atoms with Gasteiger partial charge in [-0.2, -0.15) is 0 Å². The Bertz CT molecular complexity index is 335. The molecule has 0 fully saturated rings. The molecule has 0 atom stereocenters. The van der Waals surface area contributed by atoms with Crippen molar-refractivity contribution >= 4 is 5.78 Å². The Morgan fingerprint density at radius 2 is 2.00 bits per heavy atom. The molecular formula is C12H18N2O2. The fourth-order valence-corrected chi connectivity index (χ4v) is 1.37. The number of nitrogens with one attached hydrogen (secondary N) is 1. The van der Waals surface area contributed by atoms with Crippen LogP contribution in [-0.4, -0.2) is 49.5 Å². The number of Topliss-reactive ketones (excluding diaryl/α,β-unsaturated/α-hetero) is 1. The van der Waals surface area contributed by atoms with Gasteiger partial charge in [0.1, 0.15) is 5.75 Å². The van der Waals surface area contributed by atoms with Gasteiger partial charge in [-0.1, -0.05) is 0 Å². The first-order valence-corrected chi connectivity index (χ1v) is 5.29. The third-order valence-corrected chi connectivity index (χ3v) is 2.35. The van der Waals surface area contributed by atoms with Crippen molar-refractivity contribution in [1.29, 1.82) is 0 Å². The minimum Gasteiger partial charge on any atom is -0.508 e. The zero-order valence-electron chi connectivity index (χ0n) is 9.73. The number of benzene rings is 1. The summed E-state index contributed by atoms with van der Waals surface area (Å²) in [6, 6.07) is 6.34. The van der Waals surface area contributed by atoms with E-state index in [1.807, 2.05) is 19.0 Å². The van der Waals surface area contributed by atoms with Gasteiger partial charge in [-0.15, -0.1) is 0 Å². The molecule has 0 unspecified atom stereocenters. The van der Waals surface area contributed by atoms with Gasteiger partial charge in [0.15, 0.2) is 5.78 Å². The summed E-state index contributed by atoms with van der Waals surface area (Å²) in [5, 5.41) is 12.1. The lowest BCUT2D eigenvalue weighted by Gasteiger charge is -2.15. The summed E-state index contributed by atoms with van der Waals surface area (Å²) in [4.78, 5) is 13.7. The molecule has 2 N–H and O–H groups in total. The van der Waals surface area contributed by atoms with E-state index >= 15 is 0 Å². The van der Waals surface area contributed by atoms with E-state index in [-0.39, 0.29) is 11.5 Å². The minimum absolute atomic E-state index is 0.0682. The Labute approximate surface area is 95.9 Å². The highest BCUT2D eigenvalue weighted by molar-refractivity contribution is 5.97. The van der Waals surface area contributed by atoms with E-state index < -0.39 is 0 Å². The lowest BCUT2D eigenvalue weighted by Crippen LogP contribution is -2.31. The quantitative estimate of drug-likeness (QED) is 0.697. The predicted molar refractivity (Wildman–Crippen MR) is 63.9 cm³/mol. The predicted octanol–water partition coefficient (Wildman–Crippen LogP) is 0.726. The maximum absolute atomic E-state index is 11.8. The number of rotatable bonds is 6. The molecule has 0 spiro atoms. The molecule has 4 heteroatoms. The second-order valence-electron chi connectivity index (χ2n) is 3.81. The van der Waals surface area contributed by atoms with Gasteiger partial charge in [0.2, 0.25) is 0 Å². The SMILES string of the molecule is CNCCN(C)CC(=O)c1ccc(O)cc1. The van der Waals surface area contributed by atoms with Crippen LogP contribution in [0.5, 0.6) is 5.75 Å². The number of phenolic OH excluding ortho intramolecular Hbond substituents is 1. The number of hydrogen-bond acceptors (Lipinski definition) is 4. The minimum atomic E-state index is 0.0682. The molecule has 0 amide bonds. The van der Waals surface area contributed by atoms with E-state index in [9.17, 15) is 4.79 Å². The number of carbonyl (C=O) groups is 1. The largest absolute Gasteiger partial charge is 0.508 e. The maximum atomic E-state index is 11.8. The zero-order chi connectivity index (χ0) is 12.0. The molecule has 1 aromatic carbocycles. The van der Waals surface area contributed by atoms with E-state index in [1.54, 1.807) is 12.1 Å². The molecule has 0 radical (unpaired) electrons. The second kappa shape index (κ2) is 6.25. The average molecular weight is 222 g/mol. The van der Waals surface area contributed by atoms with Crippen molar-refractivity contribution in [3.05, 3.63) is 29.8 Å². The summed E-state index contributed by atoms with van der Waals surface area (Å²) in [7, 11) is 3.80. The van der Waals surface area contributed by atoms with Crippen molar-refractivity contribution < 1.29 is 9.90 Å². The van der Waals surface area contributed by atoms with Gasteiger partial charge in [-0.25, -0.2) is 0 Å². The van der Waals surface area contributed by atoms with Crippen LogP contribution in [-0.2, 0) is 0 Å². The fourth-order valence-electron chi connectivity index (χ4n) is 1.37. The summed E-state index contributed by atoms with van der Waals surface area (Å²) in [6.45, 7) is 2.09. The molecule has 88 valence electrons. The smallest absolute Gasteiger partial charge is 0.176 e. The summed E-state index contributed by atoms with van der Waals surface area (Å²) in [5.41, 5.74) is 0.633. The first-order chi connectivity index (χ1) is 7.63. The third-order valence-electron chi connectivity index (χ3n) is 2.35. The van der Waals surface area contributed by atoms with E-state index in [0.717, 1.165) is 13.1 Å². The van der Waals surface area contributed by atoms with Crippen molar-refractivity contribution in [1.82, 2.24) is 10.2 Å². The number of likely N-dealkylation sites (N-methyl/N-ethyl adjacent to an activating group) is 2. The van der Waals surface area contributed by atoms with Gasteiger partial charge >= 0.3 is 0 Å². The topological polar surface area (TPSA) is 52.6 Å². The highest BCUT2D eigenvalue weighted by Crippen LogP contribution is 2.10. The molecule has 16 heavy (non-hydrogen) atoms. The fraction of sp³-hybridized carbons (Fsp3) is 0.417. The normalized spacial score (nSPS) is 10.7. The molecule has 1 aromatic rings. The molecule has 1 rings (SSSR count). The van der Waals surface area contributed by atoms with Gasteiger partial charge in [0.25, 0.3) is 0 Å². The van der Waals surface area contributed by atoms with Crippen molar-refractivity contribution in [3.8, 4) is 5.75 Å². The average Bonchev–Trinajstić information content (AvgIpc) is 2.27. The number of phenols is 1. The Morgan fingerprint density at radius 3 is 2.56 bits per heavy atom. The van der Waals surface area contributed by atoms with Crippen LogP contribution in [0, 0.1) is 0 Å². The van der Waals surface area contributed by atoms with E-state index in [1.165, 1.54) is 12.1 Å². The molecule has 0 saturated heterocycles. The monoisotopic (exact) mass is 222 g/mol. The summed E-state index contributed by atoms with van der Waals surface area (Å²) < 4.78 is 0. The van der Waals surface area contributed by atoms with Crippen LogP contribution in [0.4, 0.5) is 0 Å². The van der Waals surface area contributed by atoms with Crippen molar-refractivity contribution in [3.63, 3.8) is 0 Å². The number of ketones is 1. The van der Waals surface area contributed by atoms with E-state index in [4.69, 9.17) is 5.11 Å². The lowest BCUT2D eigenvalue weighted by molar-refractivity contribution is 0.0947. The molecule has 0 saturated carbocycles. The van der Waals surface area contributed by atoms with Gasteiger partial charge in [-0.3, -0.25) is 9.69 Å². The van der Waals surface area contributed by atoms with Crippen LogP contribution < -0.4 is 5.32 Å². The summed E-state index contributed by atoms with van der Waals surface area (Å²) in [5.74, 6) is 0.249. The highest BCUT2D eigenvalue weighted by Gasteiger charge is 2.08. The van der Waals surface area contributed by atoms with E-state index in [2.05, 4.69) is 5.32 Å².